The molecule has 3 heteroatoms. The van der Waals surface area contributed by atoms with Gasteiger partial charge in [-0.05, 0) is 65.7 Å². The van der Waals surface area contributed by atoms with Crippen molar-refractivity contribution in [1.82, 2.24) is 0 Å². The van der Waals surface area contributed by atoms with Gasteiger partial charge in [0.2, 0.25) is 0 Å². The predicted octanol–water partition coefficient (Wildman–Crippen LogP) is 11.1. The summed E-state index contributed by atoms with van der Waals surface area (Å²) in [5, 5.41) is 4.90. The Morgan fingerprint density at radius 2 is 1.13 bits per heavy atom. The molecule has 0 fully saturated rings. The Morgan fingerprint density at radius 3 is 2.00 bits per heavy atom. The lowest BCUT2D eigenvalue weighted by Gasteiger charge is -2.26. The van der Waals surface area contributed by atoms with Crippen molar-refractivity contribution in [3.05, 3.63) is 140 Å². The van der Waals surface area contributed by atoms with E-state index in [9.17, 15) is 0 Å². The van der Waals surface area contributed by atoms with E-state index in [0.29, 0.717) is 0 Å². The van der Waals surface area contributed by atoms with Crippen LogP contribution in [0.1, 0.15) is 0 Å². The number of thiophene rings is 1. The molecule has 0 amide bonds. The van der Waals surface area contributed by atoms with Crippen LogP contribution >= 0.6 is 11.3 Å². The van der Waals surface area contributed by atoms with E-state index in [1.807, 2.05) is 23.5 Å². The Morgan fingerprint density at radius 1 is 0.462 bits per heavy atom. The molecule has 8 aromatic rings. The van der Waals surface area contributed by atoms with Crippen LogP contribution in [0.25, 0.3) is 53.2 Å². The summed E-state index contributed by atoms with van der Waals surface area (Å²) in [6.07, 6.45) is 0. The summed E-state index contributed by atoms with van der Waals surface area (Å²) >= 11 is 1.86. The first-order valence-corrected chi connectivity index (χ1v) is 13.9. The van der Waals surface area contributed by atoms with Crippen LogP contribution in [0.5, 0.6) is 0 Å². The fraction of sp³-hybridized carbons (Fsp3) is 0. The van der Waals surface area contributed by atoms with Gasteiger partial charge in [0.05, 0.1) is 11.1 Å². The van der Waals surface area contributed by atoms with E-state index in [4.69, 9.17) is 4.42 Å². The average molecular weight is 518 g/mol. The van der Waals surface area contributed by atoms with E-state index >= 15 is 0 Å². The van der Waals surface area contributed by atoms with Crippen LogP contribution in [-0.2, 0) is 0 Å². The summed E-state index contributed by atoms with van der Waals surface area (Å²) in [6, 6.07) is 49.4. The summed E-state index contributed by atoms with van der Waals surface area (Å²) in [4.78, 5) is 2.33. The molecule has 0 N–H and O–H groups in total. The van der Waals surface area contributed by atoms with Gasteiger partial charge in [-0.3, -0.25) is 0 Å². The summed E-state index contributed by atoms with van der Waals surface area (Å²) in [7, 11) is 0. The van der Waals surface area contributed by atoms with Gasteiger partial charge in [0.25, 0.3) is 0 Å². The van der Waals surface area contributed by atoms with Gasteiger partial charge in [0.1, 0.15) is 11.2 Å². The highest BCUT2D eigenvalue weighted by Crippen LogP contribution is 2.44. The Balaban J connectivity index is 1.32. The molecule has 2 heterocycles. The maximum absolute atomic E-state index is 6.23. The molecule has 39 heavy (non-hydrogen) atoms. The van der Waals surface area contributed by atoms with Crippen molar-refractivity contribution < 1.29 is 4.42 Å². The first-order chi connectivity index (χ1) is 19.3. The number of nitrogens with zero attached hydrogens (tertiary/aromatic N) is 1. The molecule has 0 aliphatic rings. The summed E-state index contributed by atoms with van der Waals surface area (Å²) in [5.41, 5.74) is 7.58. The third kappa shape index (κ3) is 3.55. The molecule has 0 bridgehead atoms. The number of para-hydroxylation sites is 2. The number of hydrogen-bond acceptors (Lipinski definition) is 3. The zero-order valence-electron chi connectivity index (χ0n) is 21.0. The van der Waals surface area contributed by atoms with Gasteiger partial charge in [-0.25, -0.2) is 0 Å². The number of benzene rings is 6. The van der Waals surface area contributed by atoms with Gasteiger partial charge in [-0.15, -0.1) is 11.3 Å². The number of anilines is 3. The third-order valence-corrected chi connectivity index (χ3v) is 8.61. The van der Waals surface area contributed by atoms with Gasteiger partial charge in [0.15, 0.2) is 0 Å². The molecule has 6 aromatic carbocycles. The van der Waals surface area contributed by atoms with Gasteiger partial charge < -0.3 is 9.32 Å². The average Bonchev–Trinajstić information content (AvgIpc) is 3.57. The zero-order chi connectivity index (χ0) is 25.8. The molecule has 0 spiro atoms. The third-order valence-electron chi connectivity index (χ3n) is 7.47. The van der Waals surface area contributed by atoms with Crippen LogP contribution < -0.4 is 4.90 Å². The Labute approximate surface area is 230 Å². The molecule has 8 rings (SSSR count). The highest BCUT2D eigenvalue weighted by molar-refractivity contribution is 7.25. The second-order valence-electron chi connectivity index (χ2n) is 9.74. The standard InChI is InChI=1S/C36H23NOS/c1-2-10-25(11-3-1)37(30-15-9-17-32-36(30)28-12-4-6-16-31(28)38-32)26-22-20-24(21-23-26)27-14-8-19-34-35(27)29-13-5-7-18-33(29)39-34/h1-23H. The Bertz CT molecular complexity index is 2120. The second kappa shape index (κ2) is 8.87. The Hall–Kier alpha value is -4.86. The smallest absolute Gasteiger partial charge is 0.137 e. The molecule has 0 aliphatic carbocycles. The van der Waals surface area contributed by atoms with Crippen molar-refractivity contribution in [1.29, 1.82) is 0 Å². The summed E-state index contributed by atoms with van der Waals surface area (Å²) in [6.45, 7) is 0. The largest absolute Gasteiger partial charge is 0.456 e. The fourth-order valence-electron chi connectivity index (χ4n) is 5.75. The summed E-state index contributed by atoms with van der Waals surface area (Å²) < 4.78 is 8.88. The first kappa shape index (κ1) is 22.2. The molecule has 2 aromatic heterocycles. The van der Waals surface area contributed by atoms with Crippen molar-refractivity contribution >= 4 is 70.5 Å². The first-order valence-electron chi connectivity index (χ1n) is 13.1. The number of furan rings is 1. The quantitative estimate of drug-likeness (QED) is 0.231. The minimum absolute atomic E-state index is 0.891. The normalized spacial score (nSPS) is 11.6. The molecule has 184 valence electrons. The lowest BCUT2D eigenvalue weighted by molar-refractivity contribution is 0.669. The molecular weight excluding hydrogens is 494 g/mol. The van der Waals surface area contributed by atoms with Crippen LogP contribution in [0.4, 0.5) is 17.1 Å². The van der Waals surface area contributed by atoms with E-state index in [-0.39, 0.29) is 0 Å². The molecule has 0 atom stereocenters. The van der Waals surface area contributed by atoms with Gasteiger partial charge in [-0.2, -0.15) is 0 Å². The van der Waals surface area contributed by atoms with Gasteiger partial charge >= 0.3 is 0 Å². The van der Waals surface area contributed by atoms with Crippen LogP contribution in [0.2, 0.25) is 0 Å². The lowest BCUT2D eigenvalue weighted by Crippen LogP contribution is -2.10. The second-order valence-corrected chi connectivity index (χ2v) is 10.8. The van der Waals surface area contributed by atoms with Crippen molar-refractivity contribution in [2.75, 3.05) is 4.90 Å². The van der Waals surface area contributed by atoms with Crippen LogP contribution in [0.15, 0.2) is 144 Å². The van der Waals surface area contributed by atoms with E-state index < -0.39 is 0 Å². The van der Waals surface area contributed by atoms with E-state index in [0.717, 1.165) is 39.0 Å². The maximum atomic E-state index is 6.23. The van der Waals surface area contributed by atoms with Crippen LogP contribution in [0.3, 0.4) is 0 Å². The van der Waals surface area contributed by atoms with E-state index in [1.165, 1.54) is 31.3 Å². The lowest BCUT2D eigenvalue weighted by atomic mass is 9.99. The monoisotopic (exact) mass is 517 g/mol. The Kier molecular flexibility index (Phi) is 5.04. The van der Waals surface area contributed by atoms with Crippen LogP contribution in [0, 0.1) is 0 Å². The number of fused-ring (bicyclic) bond motifs is 6. The summed E-state index contributed by atoms with van der Waals surface area (Å²) in [5.74, 6) is 0. The molecule has 0 saturated heterocycles. The minimum Gasteiger partial charge on any atom is -0.456 e. The SMILES string of the molecule is c1ccc(N(c2ccc(-c3cccc4sc5ccccc5c34)cc2)c2cccc3oc4ccccc4c23)cc1. The number of hydrogen-bond donors (Lipinski definition) is 0. The van der Waals surface area contributed by atoms with Crippen molar-refractivity contribution in [2.24, 2.45) is 0 Å². The minimum atomic E-state index is 0.891. The van der Waals surface area contributed by atoms with Crippen molar-refractivity contribution in [2.45, 2.75) is 0 Å². The highest BCUT2D eigenvalue weighted by Gasteiger charge is 2.19. The zero-order valence-corrected chi connectivity index (χ0v) is 21.9. The van der Waals surface area contributed by atoms with Crippen molar-refractivity contribution in [3.8, 4) is 11.1 Å². The van der Waals surface area contributed by atoms with Crippen molar-refractivity contribution in [3.63, 3.8) is 0 Å². The van der Waals surface area contributed by atoms with Gasteiger partial charge in [-0.1, -0.05) is 84.9 Å². The molecular formula is C36H23NOS. The molecule has 0 radical (unpaired) electrons. The fourth-order valence-corrected chi connectivity index (χ4v) is 6.88. The molecule has 0 aliphatic heterocycles. The predicted molar refractivity (Wildman–Crippen MR) is 167 cm³/mol. The molecule has 0 saturated carbocycles. The maximum Gasteiger partial charge on any atom is 0.137 e. The molecule has 2 nitrogen and oxygen atoms in total. The van der Waals surface area contributed by atoms with Crippen LogP contribution in [-0.4, -0.2) is 0 Å². The van der Waals surface area contributed by atoms with E-state index in [2.05, 4.69) is 132 Å². The number of rotatable bonds is 4. The highest BCUT2D eigenvalue weighted by atomic mass is 32.1. The van der Waals surface area contributed by atoms with E-state index in [1.54, 1.807) is 0 Å². The molecule has 0 unspecified atom stereocenters. The van der Waals surface area contributed by atoms with Gasteiger partial charge in [0, 0.05) is 36.9 Å². The topological polar surface area (TPSA) is 16.4 Å².